The molecule has 2 N–H and O–H groups in total. The lowest BCUT2D eigenvalue weighted by atomic mass is 10.2. The van der Waals surface area contributed by atoms with Crippen molar-refractivity contribution in [2.45, 2.75) is 19.4 Å². The first-order chi connectivity index (χ1) is 7.61. The van der Waals surface area contributed by atoms with Crippen LogP contribution in [0.4, 0.5) is 0 Å². The molecule has 0 saturated heterocycles. The van der Waals surface area contributed by atoms with Crippen LogP contribution in [0.3, 0.4) is 0 Å². The smallest absolute Gasteiger partial charge is 0.334 e. The van der Waals surface area contributed by atoms with Crippen LogP contribution in [-0.2, 0) is 14.3 Å². The van der Waals surface area contributed by atoms with E-state index in [-0.39, 0.29) is 5.97 Å². The SMILES string of the molecule is C=C(CNCCC(O)COC)C(=O)OCC. The molecule has 0 aliphatic heterocycles. The van der Waals surface area contributed by atoms with Gasteiger partial charge < -0.3 is 19.9 Å². The summed E-state index contributed by atoms with van der Waals surface area (Å²) in [6.07, 6.45) is 0.0950. The first-order valence-electron chi connectivity index (χ1n) is 5.34. The van der Waals surface area contributed by atoms with Crippen LogP contribution in [0.15, 0.2) is 12.2 Å². The summed E-state index contributed by atoms with van der Waals surface area (Å²) in [5.41, 5.74) is 0.392. The molecule has 94 valence electrons. The van der Waals surface area contributed by atoms with Crippen molar-refractivity contribution in [3.8, 4) is 0 Å². The Morgan fingerprint density at radius 1 is 1.56 bits per heavy atom. The van der Waals surface area contributed by atoms with E-state index in [1.165, 1.54) is 0 Å². The third kappa shape index (κ3) is 7.39. The van der Waals surface area contributed by atoms with Gasteiger partial charge in [-0.3, -0.25) is 0 Å². The molecule has 0 fully saturated rings. The zero-order chi connectivity index (χ0) is 12.4. The van der Waals surface area contributed by atoms with Crippen LogP contribution in [0.1, 0.15) is 13.3 Å². The third-order valence-corrected chi connectivity index (χ3v) is 1.92. The number of esters is 1. The van der Waals surface area contributed by atoms with Crippen molar-refractivity contribution in [1.29, 1.82) is 0 Å². The molecular formula is C11H21NO4. The fourth-order valence-electron chi connectivity index (χ4n) is 1.09. The lowest BCUT2D eigenvalue weighted by Crippen LogP contribution is -2.26. The predicted octanol–water partition coefficient (Wildman–Crippen LogP) is 0.0927. The molecule has 16 heavy (non-hydrogen) atoms. The van der Waals surface area contributed by atoms with Crippen molar-refractivity contribution in [2.75, 3.05) is 33.4 Å². The molecule has 0 rings (SSSR count). The van der Waals surface area contributed by atoms with Gasteiger partial charge in [0.15, 0.2) is 0 Å². The molecule has 5 nitrogen and oxygen atoms in total. The monoisotopic (exact) mass is 231 g/mol. The minimum atomic E-state index is -0.478. The molecule has 0 heterocycles. The number of hydrogen-bond donors (Lipinski definition) is 2. The number of hydrogen-bond acceptors (Lipinski definition) is 5. The van der Waals surface area contributed by atoms with Crippen LogP contribution in [0.5, 0.6) is 0 Å². The number of aliphatic hydroxyl groups excluding tert-OH is 1. The van der Waals surface area contributed by atoms with E-state index in [9.17, 15) is 9.90 Å². The maximum atomic E-state index is 11.1. The van der Waals surface area contributed by atoms with Gasteiger partial charge in [0.25, 0.3) is 0 Å². The molecule has 0 bridgehead atoms. The Bertz CT molecular complexity index is 218. The van der Waals surface area contributed by atoms with Gasteiger partial charge in [-0.25, -0.2) is 4.79 Å². The normalized spacial score (nSPS) is 12.2. The van der Waals surface area contributed by atoms with Crippen molar-refractivity contribution in [3.05, 3.63) is 12.2 Å². The molecule has 0 aromatic carbocycles. The molecule has 0 saturated carbocycles. The maximum absolute atomic E-state index is 11.1. The van der Waals surface area contributed by atoms with Crippen molar-refractivity contribution in [2.24, 2.45) is 0 Å². The molecule has 1 unspecified atom stereocenters. The van der Waals surface area contributed by atoms with Crippen molar-refractivity contribution in [1.82, 2.24) is 5.32 Å². The van der Waals surface area contributed by atoms with Crippen molar-refractivity contribution < 1.29 is 19.4 Å². The maximum Gasteiger partial charge on any atom is 0.334 e. The number of ether oxygens (including phenoxy) is 2. The molecule has 0 aliphatic carbocycles. The summed E-state index contributed by atoms with van der Waals surface area (Å²) in [5.74, 6) is -0.382. The van der Waals surface area contributed by atoms with Gasteiger partial charge in [0.2, 0.25) is 0 Å². The average Bonchev–Trinajstić information content (AvgIpc) is 2.24. The first kappa shape index (κ1) is 15.1. The highest BCUT2D eigenvalue weighted by Gasteiger charge is 2.07. The first-order valence-corrected chi connectivity index (χ1v) is 5.34. The fraction of sp³-hybridized carbons (Fsp3) is 0.727. The molecule has 0 aliphatic rings. The summed E-state index contributed by atoms with van der Waals surface area (Å²) in [4.78, 5) is 11.1. The summed E-state index contributed by atoms with van der Waals surface area (Å²) < 4.78 is 9.55. The van der Waals surface area contributed by atoms with Gasteiger partial charge in [-0.1, -0.05) is 6.58 Å². The van der Waals surface area contributed by atoms with Gasteiger partial charge in [0.05, 0.1) is 19.3 Å². The number of methoxy groups -OCH3 is 1. The molecule has 0 spiro atoms. The molecule has 0 aromatic heterocycles. The highest BCUT2D eigenvalue weighted by Crippen LogP contribution is 1.94. The summed E-state index contributed by atoms with van der Waals surface area (Å²) >= 11 is 0. The van der Waals surface area contributed by atoms with Gasteiger partial charge >= 0.3 is 5.97 Å². The van der Waals surface area contributed by atoms with Crippen LogP contribution in [-0.4, -0.2) is 50.6 Å². The number of rotatable bonds is 9. The minimum Gasteiger partial charge on any atom is -0.463 e. The Morgan fingerprint density at radius 3 is 2.81 bits per heavy atom. The van der Waals surface area contributed by atoms with Gasteiger partial charge in [0.1, 0.15) is 0 Å². The number of nitrogens with one attached hydrogen (secondary N) is 1. The number of carbonyl (C=O) groups excluding carboxylic acids is 1. The van der Waals surface area contributed by atoms with Crippen LogP contribution >= 0.6 is 0 Å². The lowest BCUT2D eigenvalue weighted by Gasteiger charge is -2.10. The molecular weight excluding hydrogens is 210 g/mol. The standard InChI is InChI=1S/C11H21NO4/c1-4-16-11(14)9(2)7-12-6-5-10(13)8-15-3/h10,12-13H,2,4-8H2,1,3H3. The second-order valence-electron chi connectivity index (χ2n) is 3.40. The highest BCUT2D eigenvalue weighted by molar-refractivity contribution is 5.88. The van der Waals surface area contributed by atoms with Crippen molar-refractivity contribution in [3.63, 3.8) is 0 Å². The fourth-order valence-corrected chi connectivity index (χ4v) is 1.09. The van der Waals surface area contributed by atoms with E-state index in [4.69, 9.17) is 9.47 Å². The van der Waals surface area contributed by atoms with Crippen LogP contribution in [0, 0.1) is 0 Å². The Kier molecular flexibility index (Phi) is 8.80. The quantitative estimate of drug-likeness (QED) is 0.334. The predicted molar refractivity (Wildman–Crippen MR) is 61.1 cm³/mol. The van der Waals surface area contributed by atoms with E-state index in [1.807, 2.05) is 0 Å². The third-order valence-electron chi connectivity index (χ3n) is 1.92. The molecule has 1 atom stereocenters. The largest absolute Gasteiger partial charge is 0.463 e. The van der Waals surface area contributed by atoms with Crippen LogP contribution in [0.2, 0.25) is 0 Å². The molecule has 0 aromatic rings. The zero-order valence-corrected chi connectivity index (χ0v) is 9.99. The summed E-state index contributed by atoms with van der Waals surface area (Å²) in [7, 11) is 1.54. The lowest BCUT2D eigenvalue weighted by molar-refractivity contribution is -0.138. The van der Waals surface area contributed by atoms with Crippen molar-refractivity contribution >= 4 is 5.97 Å². The number of carbonyl (C=O) groups is 1. The van der Waals surface area contributed by atoms with E-state index in [2.05, 4.69) is 11.9 Å². The summed E-state index contributed by atoms with van der Waals surface area (Å²) in [6.45, 7) is 7.00. The molecule has 0 amide bonds. The topological polar surface area (TPSA) is 67.8 Å². The van der Waals surface area contributed by atoms with Gasteiger partial charge in [-0.05, 0) is 19.9 Å². The second-order valence-corrected chi connectivity index (χ2v) is 3.40. The Balaban J connectivity index is 3.51. The van der Waals surface area contributed by atoms with E-state index >= 15 is 0 Å². The summed E-state index contributed by atoms with van der Waals surface area (Å²) in [5, 5.41) is 12.3. The zero-order valence-electron chi connectivity index (χ0n) is 9.99. The van der Waals surface area contributed by atoms with E-state index < -0.39 is 6.10 Å². The molecule has 5 heteroatoms. The van der Waals surface area contributed by atoms with E-state index in [0.717, 1.165) is 0 Å². The minimum absolute atomic E-state index is 0.320. The van der Waals surface area contributed by atoms with Gasteiger partial charge in [-0.15, -0.1) is 0 Å². The van der Waals surface area contributed by atoms with Gasteiger partial charge in [-0.2, -0.15) is 0 Å². The Hall–Kier alpha value is -0.910. The average molecular weight is 231 g/mol. The second kappa shape index (κ2) is 9.33. The van der Waals surface area contributed by atoms with Crippen LogP contribution < -0.4 is 5.32 Å². The highest BCUT2D eigenvalue weighted by atomic mass is 16.5. The van der Waals surface area contributed by atoms with Gasteiger partial charge in [0, 0.05) is 19.2 Å². The summed E-state index contributed by atoms with van der Waals surface area (Å²) in [6, 6.07) is 0. The van der Waals surface area contributed by atoms with E-state index in [1.54, 1.807) is 14.0 Å². The van der Waals surface area contributed by atoms with E-state index in [0.29, 0.717) is 38.3 Å². The molecule has 0 radical (unpaired) electrons. The van der Waals surface area contributed by atoms with Crippen LogP contribution in [0.25, 0.3) is 0 Å². The Labute approximate surface area is 96.4 Å². The number of aliphatic hydroxyl groups is 1. The Morgan fingerprint density at radius 2 is 2.25 bits per heavy atom.